The van der Waals surface area contributed by atoms with Crippen molar-refractivity contribution in [1.82, 2.24) is 0 Å². The molecule has 1 aromatic heterocycles. The molecule has 0 aliphatic heterocycles. The van der Waals surface area contributed by atoms with E-state index in [4.69, 9.17) is 4.74 Å². The van der Waals surface area contributed by atoms with Gasteiger partial charge in [-0.25, -0.2) is 4.79 Å². The van der Waals surface area contributed by atoms with Crippen molar-refractivity contribution in [3.05, 3.63) is 64.5 Å². The minimum absolute atomic E-state index is 0.145. The van der Waals surface area contributed by atoms with Crippen molar-refractivity contribution < 1.29 is 14.1 Å². The van der Waals surface area contributed by atoms with E-state index < -0.39 is 0 Å². The maximum Gasteiger partial charge on any atom is 0.343 e. The minimum Gasteiger partial charge on any atom is -0.465 e. The van der Waals surface area contributed by atoms with E-state index in [-0.39, 0.29) is 11.4 Å². The van der Waals surface area contributed by atoms with Crippen LogP contribution in [0.5, 0.6) is 0 Å². The van der Waals surface area contributed by atoms with Crippen LogP contribution in [0.3, 0.4) is 0 Å². The van der Waals surface area contributed by atoms with E-state index in [0.717, 1.165) is 6.54 Å². The molecule has 3 heteroatoms. The molecule has 3 nitrogen and oxygen atoms in total. The van der Waals surface area contributed by atoms with Crippen LogP contribution in [-0.4, -0.2) is 13.1 Å². The van der Waals surface area contributed by atoms with Crippen molar-refractivity contribution in [1.29, 1.82) is 0 Å². The van der Waals surface area contributed by atoms with E-state index >= 15 is 0 Å². The van der Waals surface area contributed by atoms with Gasteiger partial charge in [-0.1, -0.05) is 32.9 Å². The van der Waals surface area contributed by atoms with Crippen molar-refractivity contribution in [3.8, 4) is 0 Å². The van der Waals surface area contributed by atoms with Gasteiger partial charge in [-0.05, 0) is 42.0 Å². The van der Waals surface area contributed by atoms with Crippen LogP contribution in [0.4, 0.5) is 0 Å². The quantitative estimate of drug-likeness (QED) is 0.638. The van der Waals surface area contributed by atoms with Crippen molar-refractivity contribution in [2.24, 2.45) is 0 Å². The van der Waals surface area contributed by atoms with Gasteiger partial charge in [-0.3, -0.25) is 0 Å². The summed E-state index contributed by atoms with van der Waals surface area (Å²) in [6, 6.07) is 8.19. The first kappa shape index (κ1) is 17.2. The highest BCUT2D eigenvalue weighted by molar-refractivity contribution is 5.88. The second-order valence-electron chi connectivity index (χ2n) is 7.10. The number of nitrogens with zero attached hydrogens (tertiary/aromatic N) is 1. The summed E-state index contributed by atoms with van der Waals surface area (Å²) >= 11 is 0. The number of rotatable bonds is 3. The van der Waals surface area contributed by atoms with Crippen LogP contribution in [0, 0.1) is 13.8 Å². The number of carbonyl (C=O) groups is 1. The van der Waals surface area contributed by atoms with Crippen LogP contribution >= 0.6 is 0 Å². The number of hydrogen-bond donors (Lipinski definition) is 0. The lowest BCUT2D eigenvalue weighted by molar-refractivity contribution is -0.688. The van der Waals surface area contributed by atoms with E-state index in [0.29, 0.717) is 5.56 Å². The average molecular weight is 312 g/mol. The molecule has 0 spiro atoms. The zero-order chi connectivity index (χ0) is 17.2. The number of methoxy groups -OCH3 is 1. The molecule has 0 amide bonds. The van der Waals surface area contributed by atoms with Gasteiger partial charge in [0.05, 0.1) is 7.11 Å². The monoisotopic (exact) mass is 312 g/mol. The topological polar surface area (TPSA) is 30.2 Å². The molecule has 0 saturated carbocycles. The molecule has 0 radical (unpaired) electrons. The Bertz CT molecular complexity index is 704. The maximum absolute atomic E-state index is 11.7. The standard InChI is InChI=1S/C20H26NO2/c1-14-10-17(20(3,4)5)11-15(2)18(14)13-21-9-7-8-16(12-21)19(22)23-6/h7-12H,13H2,1-6H3/q+1. The predicted octanol–water partition coefficient (Wildman–Crippen LogP) is 3.72. The van der Waals surface area contributed by atoms with Gasteiger partial charge >= 0.3 is 5.97 Å². The maximum atomic E-state index is 11.7. The van der Waals surface area contributed by atoms with Gasteiger partial charge in [0, 0.05) is 11.6 Å². The normalized spacial score (nSPS) is 11.4. The van der Waals surface area contributed by atoms with Gasteiger partial charge in [0.15, 0.2) is 18.9 Å². The summed E-state index contributed by atoms with van der Waals surface area (Å²) in [6.07, 6.45) is 3.81. The molecule has 2 aromatic rings. The lowest BCUT2D eigenvalue weighted by Gasteiger charge is -2.21. The van der Waals surface area contributed by atoms with E-state index in [1.165, 1.54) is 29.4 Å². The number of aryl methyl sites for hydroxylation is 2. The first-order valence-electron chi connectivity index (χ1n) is 7.90. The molecule has 2 rings (SSSR count). The summed E-state index contributed by atoms with van der Waals surface area (Å²) < 4.78 is 6.82. The molecule has 0 aliphatic carbocycles. The van der Waals surface area contributed by atoms with Crippen molar-refractivity contribution >= 4 is 5.97 Å². The number of pyridine rings is 1. The molecule has 23 heavy (non-hydrogen) atoms. The molecular weight excluding hydrogens is 286 g/mol. The van der Waals surface area contributed by atoms with Crippen molar-refractivity contribution in [2.75, 3.05) is 7.11 Å². The molecular formula is C20H26NO2+. The van der Waals surface area contributed by atoms with Crippen LogP contribution in [0.15, 0.2) is 36.7 Å². The zero-order valence-corrected chi connectivity index (χ0v) is 14.9. The van der Waals surface area contributed by atoms with Gasteiger partial charge in [0.2, 0.25) is 0 Å². The second-order valence-corrected chi connectivity index (χ2v) is 7.10. The van der Waals surface area contributed by atoms with Crippen LogP contribution in [-0.2, 0) is 16.7 Å². The van der Waals surface area contributed by atoms with Gasteiger partial charge in [-0.15, -0.1) is 0 Å². The fraction of sp³-hybridized carbons (Fsp3) is 0.400. The van der Waals surface area contributed by atoms with Gasteiger partial charge in [0.25, 0.3) is 0 Å². The van der Waals surface area contributed by atoms with Crippen LogP contribution in [0.1, 0.15) is 53.4 Å². The number of esters is 1. The third kappa shape index (κ3) is 3.98. The SMILES string of the molecule is COC(=O)c1ccc[n+](Cc2c(C)cc(C(C)(C)C)cc2C)c1. The molecule has 0 bridgehead atoms. The van der Waals surface area contributed by atoms with Gasteiger partial charge in [-0.2, -0.15) is 4.57 Å². The molecule has 122 valence electrons. The van der Waals surface area contributed by atoms with E-state index in [9.17, 15) is 4.79 Å². The summed E-state index contributed by atoms with van der Waals surface area (Å²) in [4.78, 5) is 11.7. The van der Waals surface area contributed by atoms with Crippen molar-refractivity contribution in [3.63, 3.8) is 0 Å². The smallest absolute Gasteiger partial charge is 0.343 e. The molecule has 0 fully saturated rings. The summed E-state index contributed by atoms with van der Waals surface area (Å²) in [5.41, 5.74) is 5.93. The van der Waals surface area contributed by atoms with Crippen molar-refractivity contribution in [2.45, 2.75) is 46.6 Å². The van der Waals surface area contributed by atoms with Gasteiger partial charge in [0.1, 0.15) is 5.56 Å². The molecule has 0 N–H and O–H groups in total. The fourth-order valence-corrected chi connectivity index (χ4v) is 2.72. The summed E-state index contributed by atoms with van der Waals surface area (Å²) in [6.45, 7) is 11.7. The van der Waals surface area contributed by atoms with Crippen LogP contribution < -0.4 is 4.57 Å². The Hall–Kier alpha value is -2.16. The number of hydrogen-bond acceptors (Lipinski definition) is 2. The number of aromatic nitrogens is 1. The molecule has 1 heterocycles. The highest BCUT2D eigenvalue weighted by Gasteiger charge is 2.18. The Labute approximate surface area is 138 Å². The number of benzene rings is 1. The zero-order valence-electron chi connectivity index (χ0n) is 14.9. The Balaban J connectivity index is 2.36. The first-order chi connectivity index (χ1) is 10.7. The highest BCUT2D eigenvalue weighted by Crippen LogP contribution is 2.26. The predicted molar refractivity (Wildman–Crippen MR) is 91.7 cm³/mol. The van der Waals surface area contributed by atoms with E-state index in [1.807, 2.05) is 23.0 Å². The highest BCUT2D eigenvalue weighted by atomic mass is 16.5. The third-order valence-electron chi connectivity index (χ3n) is 4.18. The summed E-state index contributed by atoms with van der Waals surface area (Å²) in [5, 5.41) is 0. The van der Waals surface area contributed by atoms with Crippen LogP contribution in [0.2, 0.25) is 0 Å². The number of ether oxygens (including phenoxy) is 1. The second kappa shape index (κ2) is 6.53. The lowest BCUT2D eigenvalue weighted by atomic mass is 9.84. The van der Waals surface area contributed by atoms with E-state index in [1.54, 1.807) is 6.07 Å². The lowest BCUT2D eigenvalue weighted by Crippen LogP contribution is -2.35. The first-order valence-corrected chi connectivity index (χ1v) is 7.90. The molecule has 0 aliphatic rings. The van der Waals surface area contributed by atoms with E-state index in [2.05, 4.69) is 46.8 Å². The summed E-state index contributed by atoms with van der Waals surface area (Å²) in [7, 11) is 1.40. The molecule has 1 aromatic carbocycles. The third-order valence-corrected chi connectivity index (χ3v) is 4.18. The van der Waals surface area contributed by atoms with Gasteiger partial charge < -0.3 is 4.74 Å². The molecule has 0 saturated heterocycles. The summed E-state index contributed by atoms with van der Waals surface area (Å²) in [5.74, 6) is -0.309. The Morgan fingerprint density at radius 3 is 2.30 bits per heavy atom. The van der Waals surface area contributed by atoms with Crippen LogP contribution in [0.25, 0.3) is 0 Å². The number of carbonyl (C=O) groups excluding carboxylic acids is 1. The Kier molecular flexibility index (Phi) is 4.88. The Morgan fingerprint density at radius 1 is 1.17 bits per heavy atom. The largest absolute Gasteiger partial charge is 0.465 e. The Morgan fingerprint density at radius 2 is 1.78 bits per heavy atom. The molecule has 0 unspecified atom stereocenters. The fourth-order valence-electron chi connectivity index (χ4n) is 2.72. The average Bonchev–Trinajstić information content (AvgIpc) is 2.49. The minimum atomic E-state index is -0.309. The molecule has 0 atom stereocenters.